The lowest BCUT2D eigenvalue weighted by molar-refractivity contribution is 0.370. The summed E-state index contributed by atoms with van der Waals surface area (Å²) in [6.07, 6.45) is 1.58. The van der Waals surface area contributed by atoms with Crippen molar-refractivity contribution in [2.45, 2.75) is 17.7 Å². The van der Waals surface area contributed by atoms with Gasteiger partial charge in [0, 0.05) is 13.6 Å². The lowest BCUT2D eigenvalue weighted by Gasteiger charge is -2.18. The first kappa shape index (κ1) is 17.1. The number of nitrogens with two attached hydrogens (primary N) is 1. The van der Waals surface area contributed by atoms with Crippen LogP contribution in [0, 0.1) is 0 Å². The van der Waals surface area contributed by atoms with Crippen LogP contribution in [0.5, 0.6) is 0 Å². The Balaban J connectivity index is 2.71. The lowest BCUT2D eigenvalue weighted by atomic mass is 10.2. The molecule has 1 aromatic carbocycles. The number of benzene rings is 1. The van der Waals surface area contributed by atoms with Crippen molar-refractivity contribution in [3.05, 3.63) is 29.8 Å². The molecule has 0 spiro atoms. The first-order chi connectivity index (χ1) is 9.37. The first-order valence-corrected chi connectivity index (χ1v) is 8.22. The van der Waals surface area contributed by atoms with Gasteiger partial charge in [0.15, 0.2) is 0 Å². The minimum Gasteiger partial charge on any atom is -0.330 e. The van der Waals surface area contributed by atoms with Crippen molar-refractivity contribution in [3.8, 4) is 0 Å². The van der Waals surface area contributed by atoms with Crippen molar-refractivity contribution < 1.29 is 8.42 Å². The van der Waals surface area contributed by atoms with Crippen molar-refractivity contribution in [1.29, 1.82) is 0 Å². The van der Waals surface area contributed by atoms with Gasteiger partial charge in [0.25, 0.3) is 0 Å². The van der Waals surface area contributed by atoms with E-state index in [1.165, 1.54) is 4.31 Å². The highest BCUT2D eigenvalue weighted by Crippen LogP contribution is 2.15. The van der Waals surface area contributed by atoms with Crippen molar-refractivity contribution in [1.82, 2.24) is 9.21 Å². The van der Waals surface area contributed by atoms with E-state index in [2.05, 4.69) is 0 Å². The van der Waals surface area contributed by atoms with E-state index >= 15 is 0 Å². The van der Waals surface area contributed by atoms with Crippen molar-refractivity contribution >= 4 is 10.0 Å². The minimum absolute atomic E-state index is 0.339. The van der Waals surface area contributed by atoms with E-state index in [1.54, 1.807) is 19.2 Å². The number of hydrogen-bond acceptors (Lipinski definition) is 4. The third kappa shape index (κ3) is 4.86. The Bertz CT molecular complexity index is 498. The molecule has 0 bridgehead atoms. The summed E-state index contributed by atoms with van der Waals surface area (Å²) in [5.41, 5.74) is 6.54. The Kier molecular flexibility index (Phi) is 6.61. The number of rotatable bonds is 8. The van der Waals surface area contributed by atoms with Crippen LogP contribution in [-0.2, 0) is 16.4 Å². The van der Waals surface area contributed by atoms with Gasteiger partial charge in [-0.05, 0) is 57.7 Å². The zero-order chi connectivity index (χ0) is 15.2. The molecular weight excluding hydrogens is 274 g/mol. The Morgan fingerprint density at radius 3 is 2.15 bits per heavy atom. The molecule has 0 atom stereocenters. The van der Waals surface area contributed by atoms with Gasteiger partial charge < -0.3 is 10.6 Å². The summed E-state index contributed by atoms with van der Waals surface area (Å²) in [6.45, 7) is 1.96. The maximum Gasteiger partial charge on any atom is 0.242 e. The number of sulfonamides is 1. The Labute approximate surface area is 122 Å². The second-order valence-corrected chi connectivity index (χ2v) is 7.21. The van der Waals surface area contributed by atoms with Gasteiger partial charge >= 0.3 is 0 Å². The summed E-state index contributed by atoms with van der Waals surface area (Å²) >= 11 is 0. The molecule has 5 nitrogen and oxygen atoms in total. The molecule has 20 heavy (non-hydrogen) atoms. The average Bonchev–Trinajstić information content (AvgIpc) is 2.39. The fourth-order valence-corrected chi connectivity index (χ4v) is 3.11. The van der Waals surface area contributed by atoms with E-state index < -0.39 is 10.0 Å². The molecule has 0 saturated carbocycles. The Morgan fingerprint density at radius 2 is 1.65 bits per heavy atom. The molecule has 0 heterocycles. The molecule has 0 radical (unpaired) electrons. The van der Waals surface area contributed by atoms with Gasteiger partial charge in [-0.3, -0.25) is 0 Å². The highest BCUT2D eigenvalue weighted by atomic mass is 32.2. The zero-order valence-electron chi connectivity index (χ0n) is 12.5. The van der Waals surface area contributed by atoms with Gasteiger partial charge in [-0.1, -0.05) is 12.1 Å². The molecule has 0 aromatic heterocycles. The molecule has 0 amide bonds. The third-order valence-electron chi connectivity index (χ3n) is 3.14. The summed E-state index contributed by atoms with van der Waals surface area (Å²) < 4.78 is 26.1. The summed E-state index contributed by atoms with van der Waals surface area (Å²) in [4.78, 5) is 2.38. The lowest BCUT2D eigenvalue weighted by Crippen LogP contribution is -2.29. The van der Waals surface area contributed by atoms with Crippen LogP contribution in [0.25, 0.3) is 0 Å². The minimum atomic E-state index is -3.39. The van der Waals surface area contributed by atoms with E-state index in [-0.39, 0.29) is 0 Å². The third-order valence-corrected chi connectivity index (χ3v) is 5.01. The van der Waals surface area contributed by atoms with Crippen LogP contribution < -0.4 is 5.73 Å². The summed E-state index contributed by atoms with van der Waals surface area (Å²) in [5, 5.41) is 0. The van der Waals surface area contributed by atoms with E-state index in [1.807, 2.05) is 31.1 Å². The van der Waals surface area contributed by atoms with Gasteiger partial charge in [-0.15, -0.1) is 0 Å². The molecular formula is C14H25N3O2S. The van der Waals surface area contributed by atoms with Gasteiger partial charge in [0.05, 0.1) is 4.90 Å². The SMILES string of the molecule is CN(C)CCCN(C)S(=O)(=O)c1ccc(CCN)cc1. The average molecular weight is 299 g/mol. The summed E-state index contributed by atoms with van der Waals surface area (Å²) in [7, 11) is 2.19. The van der Waals surface area contributed by atoms with Gasteiger partial charge in [0.1, 0.15) is 0 Å². The molecule has 0 saturated heterocycles. The normalized spacial score (nSPS) is 12.3. The van der Waals surface area contributed by atoms with E-state index in [0.29, 0.717) is 18.0 Å². The standard InChI is InChI=1S/C14H25N3O2S/c1-16(2)11-4-12-17(3)20(18,19)14-7-5-13(6-8-14)9-10-15/h5-8H,4,9-12,15H2,1-3H3. The maximum atomic E-state index is 12.4. The van der Waals surface area contributed by atoms with Crippen LogP contribution in [-0.4, -0.2) is 58.4 Å². The van der Waals surface area contributed by atoms with Crippen LogP contribution in [0.2, 0.25) is 0 Å². The van der Waals surface area contributed by atoms with Gasteiger partial charge in [0.2, 0.25) is 10.0 Å². The monoisotopic (exact) mass is 299 g/mol. The molecule has 0 aliphatic heterocycles. The molecule has 1 rings (SSSR count). The zero-order valence-corrected chi connectivity index (χ0v) is 13.4. The second kappa shape index (κ2) is 7.73. The predicted molar refractivity (Wildman–Crippen MR) is 82.2 cm³/mol. The summed E-state index contributed by atoms with van der Waals surface area (Å²) in [6, 6.07) is 6.96. The maximum absolute atomic E-state index is 12.4. The topological polar surface area (TPSA) is 66.6 Å². The fraction of sp³-hybridized carbons (Fsp3) is 0.571. The Morgan fingerprint density at radius 1 is 1.05 bits per heavy atom. The van der Waals surface area contributed by atoms with Crippen molar-refractivity contribution in [2.75, 3.05) is 40.8 Å². The number of hydrogen-bond donors (Lipinski definition) is 1. The second-order valence-electron chi connectivity index (χ2n) is 5.17. The van der Waals surface area contributed by atoms with Crippen LogP contribution in [0.1, 0.15) is 12.0 Å². The first-order valence-electron chi connectivity index (χ1n) is 6.78. The molecule has 0 aliphatic carbocycles. The van der Waals surface area contributed by atoms with E-state index in [0.717, 1.165) is 24.9 Å². The van der Waals surface area contributed by atoms with Gasteiger partial charge in [-0.25, -0.2) is 12.7 Å². The van der Waals surface area contributed by atoms with E-state index in [4.69, 9.17) is 5.73 Å². The smallest absolute Gasteiger partial charge is 0.242 e. The molecule has 114 valence electrons. The molecule has 2 N–H and O–H groups in total. The highest BCUT2D eigenvalue weighted by Gasteiger charge is 2.19. The van der Waals surface area contributed by atoms with Crippen molar-refractivity contribution in [3.63, 3.8) is 0 Å². The molecule has 0 fully saturated rings. The number of nitrogens with zero attached hydrogens (tertiary/aromatic N) is 2. The Hall–Kier alpha value is -0.950. The highest BCUT2D eigenvalue weighted by molar-refractivity contribution is 7.89. The summed E-state index contributed by atoms with van der Waals surface area (Å²) in [5.74, 6) is 0. The molecule has 1 aromatic rings. The van der Waals surface area contributed by atoms with Crippen LogP contribution >= 0.6 is 0 Å². The molecule has 0 aliphatic rings. The fourth-order valence-electron chi connectivity index (χ4n) is 1.90. The van der Waals surface area contributed by atoms with Crippen LogP contribution in [0.4, 0.5) is 0 Å². The van der Waals surface area contributed by atoms with Crippen LogP contribution in [0.3, 0.4) is 0 Å². The quantitative estimate of drug-likeness (QED) is 0.769. The van der Waals surface area contributed by atoms with Gasteiger partial charge in [-0.2, -0.15) is 0 Å². The predicted octanol–water partition coefficient (Wildman–Crippen LogP) is 0.760. The molecule has 0 unspecified atom stereocenters. The van der Waals surface area contributed by atoms with Crippen molar-refractivity contribution in [2.24, 2.45) is 5.73 Å². The van der Waals surface area contributed by atoms with Crippen LogP contribution in [0.15, 0.2) is 29.2 Å². The molecule has 6 heteroatoms. The largest absolute Gasteiger partial charge is 0.330 e. The van der Waals surface area contributed by atoms with E-state index in [9.17, 15) is 8.42 Å².